The van der Waals surface area contributed by atoms with Gasteiger partial charge in [-0.2, -0.15) is 0 Å². The number of aromatic nitrogens is 1. The highest BCUT2D eigenvalue weighted by Gasteiger charge is 2.05. The number of nitrogens with zero attached hydrogens (tertiary/aromatic N) is 1. The number of thioether (sulfide) groups is 1. The largest absolute Gasteiger partial charge is 0.265 e. The molecule has 1 nitrogen and oxygen atoms in total. The first-order chi connectivity index (χ1) is 7.86. The van der Waals surface area contributed by atoms with Crippen molar-refractivity contribution in [2.45, 2.75) is 17.7 Å². The number of benzene rings is 1. The van der Waals surface area contributed by atoms with E-state index in [0.717, 1.165) is 5.75 Å². The molecule has 0 aliphatic rings. The van der Waals surface area contributed by atoms with Crippen LogP contribution in [0.3, 0.4) is 0 Å². The zero-order valence-corrected chi connectivity index (χ0v) is 10.2. The highest BCUT2D eigenvalue weighted by Crippen LogP contribution is 2.25. The van der Waals surface area contributed by atoms with Crippen molar-refractivity contribution in [1.29, 1.82) is 0 Å². The third-order valence-corrected chi connectivity index (χ3v) is 3.79. The van der Waals surface area contributed by atoms with Crippen LogP contribution in [-0.2, 0) is 0 Å². The molecule has 0 bridgehead atoms. The first kappa shape index (κ1) is 11.2. The number of rotatable bonds is 4. The third kappa shape index (κ3) is 3.11. The van der Waals surface area contributed by atoms with Gasteiger partial charge in [-0.3, -0.25) is 4.98 Å². The zero-order valence-electron chi connectivity index (χ0n) is 9.34. The summed E-state index contributed by atoms with van der Waals surface area (Å²) in [6, 6.07) is 14.7. The Labute approximate surface area is 101 Å². The van der Waals surface area contributed by atoms with Crippen LogP contribution < -0.4 is 0 Å². The van der Waals surface area contributed by atoms with Crippen molar-refractivity contribution < 1.29 is 0 Å². The maximum Gasteiger partial charge on any atom is 0.0270 e. The van der Waals surface area contributed by atoms with Gasteiger partial charge in [0.25, 0.3) is 0 Å². The van der Waals surface area contributed by atoms with Gasteiger partial charge >= 0.3 is 0 Å². The molecule has 1 heterocycles. The van der Waals surface area contributed by atoms with Crippen LogP contribution in [0.1, 0.15) is 18.4 Å². The molecule has 1 aromatic heterocycles. The van der Waals surface area contributed by atoms with Crippen LogP contribution in [-0.4, -0.2) is 10.7 Å². The lowest BCUT2D eigenvalue weighted by Gasteiger charge is -2.10. The molecule has 1 unspecified atom stereocenters. The Kier molecular flexibility index (Phi) is 4.00. The number of pyridine rings is 1. The Balaban J connectivity index is 1.92. The molecule has 0 aliphatic heterocycles. The van der Waals surface area contributed by atoms with Gasteiger partial charge in [0.1, 0.15) is 0 Å². The summed E-state index contributed by atoms with van der Waals surface area (Å²) in [6.45, 7) is 2.26. The summed E-state index contributed by atoms with van der Waals surface area (Å²) in [6.07, 6.45) is 3.72. The molecule has 1 atom stereocenters. The molecule has 1 aromatic carbocycles. The number of hydrogen-bond donors (Lipinski definition) is 0. The van der Waals surface area contributed by atoms with Crippen LogP contribution in [0.15, 0.2) is 59.8 Å². The van der Waals surface area contributed by atoms with Gasteiger partial charge < -0.3 is 0 Å². The molecule has 0 amide bonds. The standard InChI is InChI=1S/C14H15NS/c1-12(13-7-9-15-10-8-13)11-16-14-5-3-2-4-6-14/h2-10,12H,11H2,1H3. The van der Waals surface area contributed by atoms with Crippen molar-refractivity contribution in [3.05, 3.63) is 60.4 Å². The minimum absolute atomic E-state index is 0.563. The van der Waals surface area contributed by atoms with E-state index in [2.05, 4.69) is 54.4 Å². The van der Waals surface area contributed by atoms with Crippen LogP contribution in [0.4, 0.5) is 0 Å². The van der Waals surface area contributed by atoms with Gasteiger partial charge in [0.05, 0.1) is 0 Å². The van der Waals surface area contributed by atoms with Crippen molar-refractivity contribution in [1.82, 2.24) is 4.98 Å². The number of hydrogen-bond acceptors (Lipinski definition) is 2. The van der Waals surface area contributed by atoms with E-state index >= 15 is 0 Å². The lowest BCUT2D eigenvalue weighted by molar-refractivity contribution is 0.876. The molecule has 0 saturated heterocycles. The highest BCUT2D eigenvalue weighted by atomic mass is 32.2. The fourth-order valence-electron chi connectivity index (χ4n) is 1.53. The molecule has 0 N–H and O–H groups in total. The van der Waals surface area contributed by atoms with Gasteiger partial charge in [0.15, 0.2) is 0 Å². The summed E-state index contributed by atoms with van der Waals surface area (Å²) < 4.78 is 0. The fraction of sp³-hybridized carbons (Fsp3) is 0.214. The molecule has 0 fully saturated rings. The normalized spacial score (nSPS) is 12.3. The minimum Gasteiger partial charge on any atom is -0.265 e. The van der Waals surface area contributed by atoms with E-state index in [0.29, 0.717) is 5.92 Å². The average molecular weight is 229 g/mol. The predicted molar refractivity (Wildman–Crippen MR) is 69.8 cm³/mol. The second kappa shape index (κ2) is 5.71. The average Bonchev–Trinajstić information content (AvgIpc) is 2.38. The van der Waals surface area contributed by atoms with E-state index in [4.69, 9.17) is 0 Å². The van der Waals surface area contributed by atoms with Gasteiger partial charge in [0, 0.05) is 23.0 Å². The zero-order chi connectivity index (χ0) is 11.2. The fourth-order valence-corrected chi connectivity index (χ4v) is 2.51. The topological polar surface area (TPSA) is 12.9 Å². The Morgan fingerprint density at radius 1 is 1.06 bits per heavy atom. The van der Waals surface area contributed by atoms with Crippen LogP contribution in [0.25, 0.3) is 0 Å². The molecule has 82 valence electrons. The van der Waals surface area contributed by atoms with E-state index in [9.17, 15) is 0 Å². The lowest BCUT2D eigenvalue weighted by Crippen LogP contribution is -1.96. The van der Waals surface area contributed by atoms with Crippen LogP contribution in [0.2, 0.25) is 0 Å². The maximum absolute atomic E-state index is 4.04. The van der Waals surface area contributed by atoms with Crippen LogP contribution in [0.5, 0.6) is 0 Å². The summed E-state index contributed by atoms with van der Waals surface area (Å²) in [5, 5.41) is 0. The van der Waals surface area contributed by atoms with E-state index in [1.807, 2.05) is 24.2 Å². The van der Waals surface area contributed by atoms with E-state index in [-0.39, 0.29) is 0 Å². The molecule has 2 heteroatoms. The summed E-state index contributed by atoms with van der Waals surface area (Å²) in [5.74, 6) is 1.67. The first-order valence-electron chi connectivity index (χ1n) is 5.44. The maximum atomic E-state index is 4.04. The molecule has 0 saturated carbocycles. The molecule has 0 radical (unpaired) electrons. The quantitative estimate of drug-likeness (QED) is 0.736. The molecular weight excluding hydrogens is 214 g/mol. The van der Waals surface area contributed by atoms with Crippen LogP contribution >= 0.6 is 11.8 Å². The van der Waals surface area contributed by atoms with Crippen LogP contribution in [0, 0.1) is 0 Å². The molecule has 16 heavy (non-hydrogen) atoms. The predicted octanol–water partition coefficient (Wildman–Crippen LogP) is 3.98. The minimum atomic E-state index is 0.563. The molecule has 0 spiro atoms. The molecular formula is C14H15NS. The van der Waals surface area contributed by atoms with Crippen molar-refractivity contribution >= 4 is 11.8 Å². The van der Waals surface area contributed by atoms with Gasteiger partial charge in [-0.05, 0) is 35.7 Å². The Morgan fingerprint density at radius 3 is 2.44 bits per heavy atom. The molecule has 2 rings (SSSR count). The Bertz CT molecular complexity index is 413. The summed E-state index contributed by atoms with van der Waals surface area (Å²) in [7, 11) is 0. The second-order valence-electron chi connectivity index (χ2n) is 3.81. The summed E-state index contributed by atoms with van der Waals surface area (Å²) in [5.41, 5.74) is 1.36. The van der Waals surface area contributed by atoms with Gasteiger partial charge in [0.2, 0.25) is 0 Å². The van der Waals surface area contributed by atoms with E-state index < -0.39 is 0 Å². The molecule has 2 aromatic rings. The van der Waals surface area contributed by atoms with Gasteiger partial charge in [-0.25, -0.2) is 0 Å². The monoisotopic (exact) mass is 229 g/mol. The first-order valence-corrected chi connectivity index (χ1v) is 6.42. The Hall–Kier alpha value is -1.28. The summed E-state index contributed by atoms with van der Waals surface area (Å²) in [4.78, 5) is 5.38. The van der Waals surface area contributed by atoms with Crippen molar-refractivity contribution in [3.8, 4) is 0 Å². The van der Waals surface area contributed by atoms with Gasteiger partial charge in [-0.15, -0.1) is 11.8 Å². The molecule has 0 aliphatic carbocycles. The third-order valence-electron chi connectivity index (χ3n) is 2.52. The van der Waals surface area contributed by atoms with E-state index in [1.54, 1.807) is 0 Å². The van der Waals surface area contributed by atoms with Gasteiger partial charge in [-0.1, -0.05) is 25.1 Å². The van der Waals surface area contributed by atoms with Crippen molar-refractivity contribution in [3.63, 3.8) is 0 Å². The SMILES string of the molecule is CC(CSc1ccccc1)c1ccncc1. The second-order valence-corrected chi connectivity index (χ2v) is 4.90. The van der Waals surface area contributed by atoms with Crippen molar-refractivity contribution in [2.24, 2.45) is 0 Å². The van der Waals surface area contributed by atoms with E-state index in [1.165, 1.54) is 10.5 Å². The smallest absolute Gasteiger partial charge is 0.0270 e. The lowest BCUT2D eigenvalue weighted by atomic mass is 10.1. The summed E-state index contributed by atoms with van der Waals surface area (Å²) >= 11 is 1.90. The Morgan fingerprint density at radius 2 is 1.75 bits per heavy atom. The highest BCUT2D eigenvalue weighted by molar-refractivity contribution is 7.99. The van der Waals surface area contributed by atoms with Crippen molar-refractivity contribution in [2.75, 3.05) is 5.75 Å².